The number of amides is 2. The summed E-state index contributed by atoms with van der Waals surface area (Å²) in [5, 5.41) is 5.94. The number of sulfonamides is 1. The number of carbonyl (C=O) groups is 1. The molecule has 0 aliphatic carbocycles. The van der Waals surface area contributed by atoms with E-state index in [1.54, 1.807) is 36.4 Å². The molecule has 0 bridgehead atoms. The largest absolute Gasteiger partial charge is 0.323 e. The van der Waals surface area contributed by atoms with Gasteiger partial charge in [0.25, 0.3) is 0 Å². The second-order valence-corrected chi connectivity index (χ2v) is 9.07. The summed E-state index contributed by atoms with van der Waals surface area (Å²) >= 11 is 5.81. The standard InChI is InChI=1S/C19H22ClN3O3S/c1-14-10-12-23(13-11-14)27(25,26)18-8-6-17(7-9-18)22-19(24)21-16-4-2-15(20)3-5-16/h2-9,14H,10-13H2,1H3,(H2,21,22,24). The second kappa shape index (κ2) is 8.29. The Morgan fingerprint density at radius 3 is 1.96 bits per heavy atom. The fourth-order valence-corrected chi connectivity index (χ4v) is 4.51. The number of nitrogens with zero attached hydrogens (tertiary/aromatic N) is 1. The van der Waals surface area contributed by atoms with Crippen LogP contribution in [0.4, 0.5) is 16.2 Å². The van der Waals surface area contributed by atoms with Gasteiger partial charge in [-0.25, -0.2) is 13.2 Å². The Hall–Kier alpha value is -2.09. The zero-order chi connectivity index (χ0) is 19.4. The number of anilines is 2. The molecule has 6 nitrogen and oxygen atoms in total. The number of halogens is 1. The molecule has 2 aromatic rings. The highest BCUT2D eigenvalue weighted by atomic mass is 35.5. The molecule has 1 heterocycles. The maximum absolute atomic E-state index is 12.7. The lowest BCUT2D eigenvalue weighted by Gasteiger charge is -2.29. The predicted molar refractivity (Wildman–Crippen MR) is 108 cm³/mol. The highest BCUT2D eigenvalue weighted by Gasteiger charge is 2.27. The zero-order valence-electron chi connectivity index (χ0n) is 15.0. The molecule has 2 N–H and O–H groups in total. The van der Waals surface area contributed by atoms with Gasteiger partial charge in [0, 0.05) is 29.5 Å². The zero-order valence-corrected chi connectivity index (χ0v) is 16.6. The third-order valence-corrected chi connectivity index (χ3v) is 6.76. The summed E-state index contributed by atoms with van der Waals surface area (Å²) in [6.45, 7) is 3.24. The first kappa shape index (κ1) is 19.7. The van der Waals surface area contributed by atoms with E-state index in [2.05, 4.69) is 17.6 Å². The molecule has 8 heteroatoms. The van der Waals surface area contributed by atoms with Gasteiger partial charge in [-0.3, -0.25) is 0 Å². The molecule has 2 aromatic carbocycles. The number of hydrogen-bond donors (Lipinski definition) is 2. The maximum atomic E-state index is 12.7. The van der Waals surface area contributed by atoms with Crippen LogP contribution < -0.4 is 10.6 Å². The number of urea groups is 1. The Kier molecular flexibility index (Phi) is 6.04. The number of carbonyl (C=O) groups excluding carboxylic acids is 1. The van der Waals surface area contributed by atoms with Gasteiger partial charge >= 0.3 is 6.03 Å². The molecule has 2 amide bonds. The highest BCUT2D eigenvalue weighted by molar-refractivity contribution is 7.89. The third-order valence-electron chi connectivity index (χ3n) is 4.59. The van der Waals surface area contributed by atoms with Gasteiger partial charge in [0.15, 0.2) is 0 Å². The molecule has 1 fully saturated rings. The molecule has 0 unspecified atom stereocenters. The van der Waals surface area contributed by atoms with Crippen molar-refractivity contribution in [1.82, 2.24) is 4.31 Å². The van der Waals surface area contributed by atoms with E-state index in [0.717, 1.165) is 12.8 Å². The minimum absolute atomic E-state index is 0.237. The summed E-state index contributed by atoms with van der Waals surface area (Å²) in [5.74, 6) is 0.558. The first-order chi connectivity index (χ1) is 12.8. The Labute approximate surface area is 164 Å². The SMILES string of the molecule is CC1CCN(S(=O)(=O)c2ccc(NC(=O)Nc3ccc(Cl)cc3)cc2)CC1. The van der Waals surface area contributed by atoms with Crippen LogP contribution in [-0.2, 0) is 10.0 Å². The molecular formula is C19H22ClN3O3S. The van der Waals surface area contributed by atoms with Crippen LogP contribution >= 0.6 is 11.6 Å². The lowest BCUT2D eigenvalue weighted by atomic mass is 10.0. The van der Waals surface area contributed by atoms with Gasteiger partial charge in [0.1, 0.15) is 0 Å². The van der Waals surface area contributed by atoms with Gasteiger partial charge in [-0.15, -0.1) is 0 Å². The molecule has 1 aliphatic rings. The summed E-state index contributed by atoms with van der Waals surface area (Å²) in [7, 11) is -3.49. The van der Waals surface area contributed by atoms with E-state index < -0.39 is 16.1 Å². The molecule has 0 radical (unpaired) electrons. The van der Waals surface area contributed by atoms with Crippen LogP contribution in [0.5, 0.6) is 0 Å². The van der Waals surface area contributed by atoms with E-state index in [-0.39, 0.29) is 4.90 Å². The molecule has 0 atom stereocenters. The fourth-order valence-electron chi connectivity index (χ4n) is 2.91. The summed E-state index contributed by atoms with van der Waals surface area (Å²) < 4.78 is 27.0. The monoisotopic (exact) mass is 407 g/mol. The van der Waals surface area contributed by atoms with Crippen molar-refractivity contribution >= 4 is 39.0 Å². The van der Waals surface area contributed by atoms with Crippen molar-refractivity contribution in [2.24, 2.45) is 5.92 Å². The van der Waals surface area contributed by atoms with E-state index in [4.69, 9.17) is 11.6 Å². The Morgan fingerprint density at radius 2 is 1.44 bits per heavy atom. The molecule has 0 spiro atoms. The first-order valence-electron chi connectivity index (χ1n) is 8.78. The summed E-state index contributed by atoms with van der Waals surface area (Å²) in [4.78, 5) is 12.3. The molecule has 0 aromatic heterocycles. The average Bonchev–Trinajstić information content (AvgIpc) is 2.64. The molecule has 3 rings (SSSR count). The first-order valence-corrected chi connectivity index (χ1v) is 10.6. The minimum Gasteiger partial charge on any atom is -0.308 e. The smallest absolute Gasteiger partial charge is 0.308 e. The summed E-state index contributed by atoms with van der Waals surface area (Å²) in [5.41, 5.74) is 1.11. The van der Waals surface area contributed by atoms with Crippen LogP contribution in [0.15, 0.2) is 53.4 Å². The van der Waals surface area contributed by atoms with Gasteiger partial charge in [0.2, 0.25) is 10.0 Å². The Bertz CT molecular complexity index is 891. The molecule has 0 saturated carbocycles. The minimum atomic E-state index is -3.49. The van der Waals surface area contributed by atoms with Crippen LogP contribution in [0.25, 0.3) is 0 Å². The van der Waals surface area contributed by atoms with Crippen molar-refractivity contribution in [1.29, 1.82) is 0 Å². The van der Waals surface area contributed by atoms with Gasteiger partial charge in [-0.1, -0.05) is 18.5 Å². The van der Waals surface area contributed by atoms with E-state index >= 15 is 0 Å². The normalized spacial score (nSPS) is 16.1. The summed E-state index contributed by atoms with van der Waals surface area (Å²) in [6, 6.07) is 12.5. The number of nitrogens with one attached hydrogen (secondary N) is 2. The number of rotatable bonds is 4. The molecule has 27 heavy (non-hydrogen) atoms. The van der Waals surface area contributed by atoms with Crippen LogP contribution in [0.3, 0.4) is 0 Å². The van der Waals surface area contributed by atoms with Crippen molar-refractivity contribution in [2.75, 3.05) is 23.7 Å². The van der Waals surface area contributed by atoms with Gasteiger partial charge < -0.3 is 10.6 Å². The van der Waals surface area contributed by atoms with Gasteiger partial charge in [-0.2, -0.15) is 4.31 Å². The Balaban J connectivity index is 1.62. The topological polar surface area (TPSA) is 78.5 Å². The highest BCUT2D eigenvalue weighted by Crippen LogP contribution is 2.24. The maximum Gasteiger partial charge on any atom is 0.323 e. The van der Waals surface area contributed by atoms with Crippen molar-refractivity contribution in [3.8, 4) is 0 Å². The lowest BCUT2D eigenvalue weighted by molar-refractivity contribution is 0.262. The average molecular weight is 408 g/mol. The van der Waals surface area contributed by atoms with E-state index in [1.807, 2.05) is 0 Å². The summed E-state index contributed by atoms with van der Waals surface area (Å²) in [6.07, 6.45) is 1.76. The van der Waals surface area contributed by atoms with Crippen molar-refractivity contribution in [3.05, 3.63) is 53.6 Å². The van der Waals surface area contributed by atoms with Gasteiger partial charge in [-0.05, 0) is 67.3 Å². The quantitative estimate of drug-likeness (QED) is 0.788. The number of piperidine rings is 1. The number of hydrogen-bond acceptors (Lipinski definition) is 3. The van der Waals surface area contributed by atoms with Crippen LogP contribution in [0, 0.1) is 5.92 Å². The fraction of sp³-hybridized carbons (Fsp3) is 0.316. The van der Waals surface area contributed by atoms with Crippen LogP contribution in [0.1, 0.15) is 19.8 Å². The predicted octanol–water partition coefficient (Wildman–Crippen LogP) is 4.40. The van der Waals surface area contributed by atoms with Crippen LogP contribution in [0.2, 0.25) is 5.02 Å². The second-order valence-electron chi connectivity index (χ2n) is 6.70. The van der Waals surface area contributed by atoms with Crippen LogP contribution in [-0.4, -0.2) is 31.8 Å². The van der Waals surface area contributed by atoms with E-state index in [0.29, 0.717) is 35.4 Å². The third kappa shape index (κ3) is 5.00. The van der Waals surface area contributed by atoms with Crippen molar-refractivity contribution < 1.29 is 13.2 Å². The molecular weight excluding hydrogens is 386 g/mol. The van der Waals surface area contributed by atoms with Crippen molar-refractivity contribution in [2.45, 2.75) is 24.7 Å². The van der Waals surface area contributed by atoms with E-state index in [1.165, 1.54) is 16.4 Å². The lowest BCUT2D eigenvalue weighted by Crippen LogP contribution is -2.37. The molecule has 1 saturated heterocycles. The Morgan fingerprint density at radius 1 is 0.963 bits per heavy atom. The van der Waals surface area contributed by atoms with Crippen molar-refractivity contribution in [3.63, 3.8) is 0 Å². The van der Waals surface area contributed by atoms with Gasteiger partial charge in [0.05, 0.1) is 4.90 Å². The molecule has 144 valence electrons. The number of benzene rings is 2. The molecule has 1 aliphatic heterocycles. The van der Waals surface area contributed by atoms with E-state index in [9.17, 15) is 13.2 Å².